The fraction of sp³-hybridized carbons (Fsp3) is 0. The summed E-state index contributed by atoms with van der Waals surface area (Å²) in [4.78, 5) is 16.2. The molecule has 2 aromatic carbocycles. The fourth-order valence-electron chi connectivity index (χ4n) is 2.14. The molecule has 0 aliphatic rings. The Hall–Kier alpha value is -3.08. The van der Waals surface area contributed by atoms with Gasteiger partial charge in [-0.25, -0.2) is 13.8 Å². The summed E-state index contributed by atoms with van der Waals surface area (Å²) in [6, 6.07) is 14.8. The Morgan fingerprint density at radius 3 is 2.39 bits per heavy atom. The van der Waals surface area contributed by atoms with Crippen LogP contribution in [0.5, 0.6) is 0 Å². The van der Waals surface area contributed by atoms with Crippen LogP contribution in [0.15, 0.2) is 66.9 Å². The second kappa shape index (κ2) is 6.36. The van der Waals surface area contributed by atoms with E-state index in [1.54, 1.807) is 30.5 Å². The van der Waals surface area contributed by atoms with Gasteiger partial charge in [-0.1, -0.05) is 18.2 Å². The highest BCUT2D eigenvalue weighted by molar-refractivity contribution is 6.03. The predicted molar refractivity (Wildman–Crippen MR) is 84.0 cm³/mol. The van der Waals surface area contributed by atoms with Crippen molar-refractivity contribution in [3.05, 3.63) is 84.1 Å². The van der Waals surface area contributed by atoms with Crippen molar-refractivity contribution in [3.63, 3.8) is 0 Å². The first-order chi connectivity index (χ1) is 11.1. The van der Waals surface area contributed by atoms with Crippen LogP contribution in [0, 0.1) is 11.6 Å². The summed E-state index contributed by atoms with van der Waals surface area (Å²) in [5, 5.41) is 2.62. The molecule has 0 bridgehead atoms. The van der Waals surface area contributed by atoms with Crippen LogP contribution < -0.4 is 5.32 Å². The number of hydrogen-bond acceptors (Lipinski definition) is 2. The molecule has 1 aromatic heterocycles. The minimum Gasteiger partial charge on any atom is -0.307 e. The summed E-state index contributed by atoms with van der Waals surface area (Å²) in [6.07, 6.45) is 1.54. The molecule has 3 nitrogen and oxygen atoms in total. The lowest BCUT2D eigenvalue weighted by Crippen LogP contribution is -2.13. The third-order valence-corrected chi connectivity index (χ3v) is 3.27. The number of pyridine rings is 1. The molecule has 0 atom stereocenters. The number of hydrogen-bond donors (Lipinski definition) is 1. The lowest BCUT2D eigenvalue weighted by molar-refractivity contribution is 0.102. The van der Waals surface area contributed by atoms with Crippen LogP contribution in [0.3, 0.4) is 0 Å². The van der Waals surface area contributed by atoms with E-state index in [4.69, 9.17) is 0 Å². The molecule has 1 heterocycles. The van der Waals surface area contributed by atoms with Gasteiger partial charge in [-0.3, -0.25) is 4.79 Å². The van der Waals surface area contributed by atoms with E-state index in [-0.39, 0.29) is 11.4 Å². The van der Waals surface area contributed by atoms with Crippen LogP contribution in [0.1, 0.15) is 10.4 Å². The van der Waals surface area contributed by atoms with E-state index >= 15 is 0 Å². The minimum absolute atomic E-state index is 0.207. The summed E-state index contributed by atoms with van der Waals surface area (Å²) in [7, 11) is 0. The Balaban J connectivity index is 1.82. The average molecular weight is 310 g/mol. The van der Waals surface area contributed by atoms with Crippen LogP contribution in [0.4, 0.5) is 14.6 Å². The first-order valence-electron chi connectivity index (χ1n) is 6.91. The Morgan fingerprint density at radius 2 is 1.65 bits per heavy atom. The summed E-state index contributed by atoms with van der Waals surface area (Å²) >= 11 is 0. The number of amides is 1. The van der Waals surface area contributed by atoms with Gasteiger partial charge in [0, 0.05) is 11.8 Å². The van der Waals surface area contributed by atoms with Gasteiger partial charge in [0.2, 0.25) is 0 Å². The first kappa shape index (κ1) is 14.8. The molecule has 1 amide bonds. The number of rotatable bonds is 3. The molecule has 0 aliphatic heterocycles. The Labute approximate surface area is 131 Å². The number of halogens is 2. The van der Waals surface area contributed by atoms with Gasteiger partial charge in [-0.15, -0.1) is 0 Å². The molecule has 0 saturated heterocycles. The fourth-order valence-corrected chi connectivity index (χ4v) is 2.14. The zero-order valence-corrected chi connectivity index (χ0v) is 12.0. The zero-order chi connectivity index (χ0) is 16.2. The predicted octanol–water partition coefficient (Wildman–Crippen LogP) is 4.28. The molecule has 0 unspecified atom stereocenters. The Morgan fingerprint density at radius 1 is 0.870 bits per heavy atom. The maximum atomic E-state index is 13.2. The lowest BCUT2D eigenvalue weighted by atomic mass is 10.1. The van der Waals surface area contributed by atoms with E-state index in [0.29, 0.717) is 5.82 Å². The highest BCUT2D eigenvalue weighted by Gasteiger charge is 2.08. The number of carbonyl (C=O) groups excluding carboxylic acids is 1. The number of anilines is 1. The third-order valence-electron chi connectivity index (χ3n) is 3.27. The van der Waals surface area contributed by atoms with Gasteiger partial charge in [0.15, 0.2) is 0 Å². The van der Waals surface area contributed by atoms with E-state index in [1.807, 2.05) is 0 Å². The SMILES string of the molecule is O=C(Nc1cc(-c2ccc(F)cc2)ccn1)c1cccc(F)c1. The number of benzene rings is 2. The van der Waals surface area contributed by atoms with E-state index in [0.717, 1.165) is 17.2 Å². The van der Waals surface area contributed by atoms with Gasteiger partial charge in [0.05, 0.1) is 0 Å². The van der Waals surface area contributed by atoms with Crippen molar-refractivity contribution in [2.24, 2.45) is 0 Å². The maximum Gasteiger partial charge on any atom is 0.256 e. The lowest BCUT2D eigenvalue weighted by Gasteiger charge is -2.07. The molecule has 0 radical (unpaired) electrons. The molecule has 114 valence electrons. The summed E-state index contributed by atoms with van der Waals surface area (Å²) in [5.41, 5.74) is 1.79. The van der Waals surface area contributed by atoms with E-state index in [1.165, 1.54) is 30.3 Å². The topological polar surface area (TPSA) is 42.0 Å². The maximum absolute atomic E-state index is 13.2. The van der Waals surface area contributed by atoms with Gasteiger partial charge < -0.3 is 5.32 Å². The third kappa shape index (κ3) is 3.58. The van der Waals surface area contributed by atoms with Gasteiger partial charge in [0.25, 0.3) is 5.91 Å². The summed E-state index contributed by atoms with van der Waals surface area (Å²) in [6.45, 7) is 0. The van der Waals surface area contributed by atoms with Crippen molar-refractivity contribution in [2.75, 3.05) is 5.32 Å². The quantitative estimate of drug-likeness (QED) is 0.784. The summed E-state index contributed by atoms with van der Waals surface area (Å²) < 4.78 is 26.1. The monoisotopic (exact) mass is 310 g/mol. The molecular weight excluding hydrogens is 298 g/mol. The van der Waals surface area contributed by atoms with Crippen LogP contribution in [-0.4, -0.2) is 10.9 Å². The van der Waals surface area contributed by atoms with Crippen molar-refractivity contribution in [1.29, 1.82) is 0 Å². The normalized spacial score (nSPS) is 10.3. The highest BCUT2D eigenvalue weighted by atomic mass is 19.1. The van der Waals surface area contributed by atoms with Crippen LogP contribution in [0.25, 0.3) is 11.1 Å². The second-order valence-electron chi connectivity index (χ2n) is 4.90. The molecular formula is C18H12F2N2O. The van der Waals surface area contributed by atoms with Crippen LogP contribution >= 0.6 is 0 Å². The summed E-state index contributed by atoms with van der Waals surface area (Å²) in [5.74, 6) is -0.914. The van der Waals surface area contributed by atoms with Crippen molar-refractivity contribution >= 4 is 11.7 Å². The van der Waals surface area contributed by atoms with Gasteiger partial charge >= 0.3 is 0 Å². The number of aromatic nitrogens is 1. The number of nitrogens with one attached hydrogen (secondary N) is 1. The molecule has 23 heavy (non-hydrogen) atoms. The largest absolute Gasteiger partial charge is 0.307 e. The van der Waals surface area contributed by atoms with Crippen molar-refractivity contribution in [3.8, 4) is 11.1 Å². The zero-order valence-electron chi connectivity index (χ0n) is 12.0. The van der Waals surface area contributed by atoms with Gasteiger partial charge in [-0.2, -0.15) is 0 Å². The van der Waals surface area contributed by atoms with Crippen LogP contribution in [-0.2, 0) is 0 Å². The molecule has 0 spiro atoms. The van der Waals surface area contributed by atoms with E-state index in [2.05, 4.69) is 10.3 Å². The van der Waals surface area contributed by atoms with E-state index < -0.39 is 11.7 Å². The Bertz CT molecular complexity index is 848. The Kier molecular flexibility index (Phi) is 4.10. The molecule has 0 fully saturated rings. The van der Waals surface area contributed by atoms with Gasteiger partial charge in [-0.05, 0) is 53.6 Å². The molecule has 3 rings (SSSR count). The van der Waals surface area contributed by atoms with Crippen molar-refractivity contribution < 1.29 is 13.6 Å². The number of carbonyl (C=O) groups is 1. The number of nitrogens with zero attached hydrogens (tertiary/aromatic N) is 1. The standard InChI is InChI=1S/C18H12F2N2O/c19-15-6-4-12(5-7-15)13-8-9-21-17(11-13)22-18(23)14-2-1-3-16(20)10-14/h1-11H,(H,21,22,23). The molecule has 0 saturated carbocycles. The highest BCUT2D eigenvalue weighted by Crippen LogP contribution is 2.21. The smallest absolute Gasteiger partial charge is 0.256 e. The molecule has 0 aliphatic carbocycles. The average Bonchev–Trinajstić information content (AvgIpc) is 2.56. The van der Waals surface area contributed by atoms with Gasteiger partial charge in [0.1, 0.15) is 17.5 Å². The molecule has 3 aromatic rings. The van der Waals surface area contributed by atoms with E-state index in [9.17, 15) is 13.6 Å². The molecule has 1 N–H and O–H groups in total. The minimum atomic E-state index is -0.481. The first-order valence-corrected chi connectivity index (χ1v) is 6.91. The second-order valence-corrected chi connectivity index (χ2v) is 4.90. The van der Waals surface area contributed by atoms with Crippen molar-refractivity contribution in [1.82, 2.24) is 4.98 Å². The molecule has 5 heteroatoms. The van der Waals surface area contributed by atoms with Crippen LogP contribution in [0.2, 0.25) is 0 Å². The van der Waals surface area contributed by atoms with Crippen molar-refractivity contribution in [2.45, 2.75) is 0 Å².